The number of nitrogens with zero attached hydrogens (tertiary/aromatic N) is 6. The monoisotopic (exact) mass is 697 g/mol. The summed E-state index contributed by atoms with van der Waals surface area (Å²) in [7, 11) is 0. The van der Waals surface area contributed by atoms with Crippen molar-refractivity contribution in [3.8, 4) is 11.1 Å². The largest absolute Gasteiger partial charge is 0.393 e. The van der Waals surface area contributed by atoms with E-state index in [1.54, 1.807) is 34.7 Å². The summed E-state index contributed by atoms with van der Waals surface area (Å²) in [6, 6.07) is 8.74. The number of aliphatic hydroxyl groups is 1. The van der Waals surface area contributed by atoms with Crippen LogP contribution in [0.4, 0.5) is 13.9 Å². The Balaban J connectivity index is 1.09. The summed E-state index contributed by atoms with van der Waals surface area (Å²) in [4.78, 5) is 24.6. The number of fused-ring (bicyclic) bond motifs is 2. The molecular formula is C33H31Cl2F2N7O2S. The molecule has 2 aliphatic heterocycles. The molecule has 1 unspecified atom stereocenters. The van der Waals surface area contributed by atoms with Crippen molar-refractivity contribution in [1.82, 2.24) is 29.2 Å². The fourth-order valence-electron chi connectivity index (χ4n) is 7.22. The van der Waals surface area contributed by atoms with E-state index in [9.17, 15) is 14.3 Å². The zero-order valence-electron chi connectivity index (χ0n) is 25.1. The third-order valence-electron chi connectivity index (χ3n) is 9.75. The number of aliphatic hydroxyl groups excluding tert-OH is 1. The Morgan fingerprint density at radius 3 is 2.66 bits per heavy atom. The third-order valence-corrected chi connectivity index (χ3v) is 11.1. The molecule has 5 heterocycles. The van der Waals surface area contributed by atoms with Crippen molar-refractivity contribution in [1.29, 1.82) is 0 Å². The summed E-state index contributed by atoms with van der Waals surface area (Å²) in [6.07, 6.45) is 4.81. The van der Waals surface area contributed by atoms with Crippen LogP contribution in [0.1, 0.15) is 48.2 Å². The van der Waals surface area contributed by atoms with Crippen LogP contribution in [0.5, 0.6) is 0 Å². The fourth-order valence-corrected chi connectivity index (χ4v) is 8.30. The van der Waals surface area contributed by atoms with Gasteiger partial charge in [-0.2, -0.15) is 5.10 Å². The van der Waals surface area contributed by atoms with Crippen molar-refractivity contribution in [2.45, 2.75) is 68.7 Å². The van der Waals surface area contributed by atoms with Crippen LogP contribution in [0.25, 0.3) is 22.0 Å². The molecule has 4 atom stereocenters. The molecule has 2 N–H and O–H groups in total. The molecule has 244 valence electrons. The summed E-state index contributed by atoms with van der Waals surface area (Å²) in [5.74, 6) is -0.631. The molecule has 0 spiro atoms. The number of carbonyl (C=O) groups is 1. The minimum atomic E-state index is -1.06. The molecule has 0 bridgehead atoms. The van der Waals surface area contributed by atoms with Crippen LogP contribution >= 0.6 is 34.5 Å². The second kappa shape index (κ2) is 12.2. The number of nitrogens with one attached hydrogen (secondary N) is 1. The van der Waals surface area contributed by atoms with Crippen LogP contribution in [0.2, 0.25) is 10.0 Å². The molecule has 0 radical (unpaired) electrons. The van der Waals surface area contributed by atoms with Crippen molar-refractivity contribution < 1.29 is 18.7 Å². The smallest absolute Gasteiger partial charge is 0.257 e. The molecule has 1 aliphatic carbocycles. The quantitative estimate of drug-likeness (QED) is 0.203. The molecule has 9 nitrogen and oxygen atoms in total. The van der Waals surface area contributed by atoms with E-state index in [1.807, 2.05) is 24.3 Å². The number of imidazole rings is 1. The molecule has 47 heavy (non-hydrogen) atoms. The molecular weight excluding hydrogens is 667 g/mol. The predicted molar refractivity (Wildman–Crippen MR) is 178 cm³/mol. The van der Waals surface area contributed by atoms with Crippen LogP contribution < -0.4 is 5.32 Å². The first-order valence-electron chi connectivity index (χ1n) is 15.6. The Hall–Kier alpha value is -3.42. The Morgan fingerprint density at radius 2 is 1.94 bits per heavy atom. The summed E-state index contributed by atoms with van der Waals surface area (Å²) < 4.78 is 32.9. The maximum atomic E-state index is 15.3. The number of halogens is 4. The topological polar surface area (TPSA) is 101 Å². The van der Waals surface area contributed by atoms with E-state index >= 15 is 4.39 Å². The van der Waals surface area contributed by atoms with Crippen molar-refractivity contribution in [2.24, 2.45) is 0 Å². The zero-order valence-corrected chi connectivity index (χ0v) is 27.4. The highest BCUT2D eigenvalue weighted by Gasteiger charge is 2.39. The third kappa shape index (κ3) is 5.63. The second-order valence-corrected chi connectivity index (χ2v) is 14.3. The predicted octanol–water partition coefficient (Wildman–Crippen LogP) is 6.44. The lowest BCUT2D eigenvalue weighted by molar-refractivity contribution is -0.118. The first kappa shape index (κ1) is 30.9. The Bertz CT molecular complexity index is 1940. The van der Waals surface area contributed by atoms with E-state index in [2.05, 4.69) is 20.2 Å². The van der Waals surface area contributed by atoms with Gasteiger partial charge in [-0.25, -0.2) is 18.7 Å². The minimum Gasteiger partial charge on any atom is -0.393 e. The van der Waals surface area contributed by atoms with E-state index < -0.39 is 24.3 Å². The van der Waals surface area contributed by atoms with Crippen molar-refractivity contribution in [3.63, 3.8) is 0 Å². The Kier molecular flexibility index (Phi) is 8.04. The number of likely N-dealkylation sites (tertiary alicyclic amines) is 1. The van der Waals surface area contributed by atoms with Gasteiger partial charge in [-0.05, 0) is 43.0 Å². The van der Waals surface area contributed by atoms with Gasteiger partial charge in [0.2, 0.25) is 0 Å². The molecule has 5 aromatic rings. The molecule has 1 saturated carbocycles. The van der Waals surface area contributed by atoms with E-state index in [0.29, 0.717) is 56.0 Å². The maximum Gasteiger partial charge on any atom is 0.257 e. The lowest BCUT2D eigenvalue weighted by Gasteiger charge is -2.45. The molecule has 2 fully saturated rings. The number of piperidine rings is 1. The van der Waals surface area contributed by atoms with Gasteiger partial charge in [-0.3, -0.25) is 19.7 Å². The number of anilines is 1. The van der Waals surface area contributed by atoms with Crippen molar-refractivity contribution in [3.05, 3.63) is 81.4 Å². The van der Waals surface area contributed by atoms with Gasteiger partial charge in [0, 0.05) is 59.3 Å². The van der Waals surface area contributed by atoms with Crippen LogP contribution in [0.15, 0.2) is 54.4 Å². The van der Waals surface area contributed by atoms with Gasteiger partial charge in [-0.1, -0.05) is 47.5 Å². The fraction of sp³-hybridized carbons (Fsp3) is 0.394. The van der Waals surface area contributed by atoms with E-state index in [1.165, 1.54) is 16.0 Å². The van der Waals surface area contributed by atoms with Gasteiger partial charge in [-0.15, -0.1) is 11.3 Å². The van der Waals surface area contributed by atoms with Crippen LogP contribution in [-0.4, -0.2) is 77.8 Å². The number of rotatable bonds is 7. The molecule has 3 aromatic heterocycles. The highest BCUT2D eigenvalue weighted by molar-refractivity contribution is 7.13. The Morgan fingerprint density at radius 1 is 1.13 bits per heavy atom. The van der Waals surface area contributed by atoms with Gasteiger partial charge in [0.15, 0.2) is 11.2 Å². The average Bonchev–Trinajstić information content (AvgIpc) is 3.84. The molecule has 8 rings (SSSR count). The van der Waals surface area contributed by atoms with Gasteiger partial charge < -0.3 is 9.67 Å². The van der Waals surface area contributed by atoms with Crippen LogP contribution in [-0.2, 0) is 17.8 Å². The molecule has 1 saturated heterocycles. The van der Waals surface area contributed by atoms with Crippen LogP contribution in [0, 0.1) is 0 Å². The average molecular weight is 699 g/mol. The van der Waals surface area contributed by atoms with E-state index in [-0.39, 0.29) is 31.0 Å². The van der Waals surface area contributed by atoms with Crippen molar-refractivity contribution in [2.75, 3.05) is 18.4 Å². The number of benzene rings is 2. The van der Waals surface area contributed by atoms with E-state index in [0.717, 1.165) is 30.5 Å². The van der Waals surface area contributed by atoms with Gasteiger partial charge in [0.1, 0.15) is 17.9 Å². The van der Waals surface area contributed by atoms with E-state index in [4.69, 9.17) is 28.3 Å². The summed E-state index contributed by atoms with van der Waals surface area (Å²) >= 11 is 15.1. The standard InChI is InChI=1S/C33H31Cl2F2N7O2S/c34-25-12-23(18-3-1-17(2-4-18)22-5-7-42(15-26(22)37)20-10-21(45)11-20)28(35)29-24(25)14-44(41-29)31(32(46)40-33-38-6-8-47-33)30-27-9-19(36)13-43(27)16-39-30/h1-4,6,8,12,14,16,19-22,26,31,45H,5,7,9-11,13,15H2,(H,38,40,46)/t19-,20?,21?,22-,26+,31?/m1/s1. The molecule has 14 heteroatoms. The van der Waals surface area contributed by atoms with Gasteiger partial charge >= 0.3 is 0 Å². The maximum absolute atomic E-state index is 15.3. The number of aromatic nitrogens is 5. The van der Waals surface area contributed by atoms with Gasteiger partial charge in [0.25, 0.3) is 5.91 Å². The number of hydrogen-bond donors (Lipinski definition) is 2. The number of carbonyl (C=O) groups excluding carboxylic acids is 1. The first-order valence-corrected chi connectivity index (χ1v) is 17.3. The molecule has 1 amide bonds. The number of hydrogen-bond acceptors (Lipinski definition) is 7. The lowest BCUT2D eigenvalue weighted by atomic mass is 9.82. The summed E-state index contributed by atoms with van der Waals surface area (Å²) in [6.45, 7) is 1.37. The summed E-state index contributed by atoms with van der Waals surface area (Å²) in [5, 5.41) is 20.7. The Labute approximate surface area is 283 Å². The number of alkyl halides is 2. The SMILES string of the molecule is O=C(Nc1nccs1)C(c1ncn2c1C[C@@H](F)C2)n1cc2c(Cl)cc(-c3ccc([C@H]4CCN(C5CC(O)C5)C[C@@H]4F)cc3)c(Cl)c2n1. The zero-order chi connectivity index (χ0) is 32.4. The minimum absolute atomic E-state index is 0.145. The lowest BCUT2D eigenvalue weighted by Crippen LogP contribution is -2.52. The molecule has 3 aliphatic rings. The summed E-state index contributed by atoms with van der Waals surface area (Å²) in [5.41, 5.74) is 3.83. The number of amides is 1. The van der Waals surface area contributed by atoms with Crippen molar-refractivity contribution >= 4 is 56.5 Å². The molecule has 2 aromatic carbocycles. The highest BCUT2D eigenvalue weighted by Crippen LogP contribution is 2.41. The highest BCUT2D eigenvalue weighted by atomic mass is 35.5. The number of thiazole rings is 1. The van der Waals surface area contributed by atoms with Crippen LogP contribution in [0.3, 0.4) is 0 Å². The van der Waals surface area contributed by atoms with Gasteiger partial charge in [0.05, 0.1) is 34.7 Å². The second-order valence-electron chi connectivity index (χ2n) is 12.7. The first-order chi connectivity index (χ1) is 22.7. The normalized spacial score (nSPS) is 25.1.